The van der Waals surface area contributed by atoms with E-state index in [1.165, 1.54) is 12.0 Å². The van der Waals surface area contributed by atoms with Crippen LogP contribution >= 0.6 is 0 Å². The third-order valence-corrected chi connectivity index (χ3v) is 5.87. The summed E-state index contributed by atoms with van der Waals surface area (Å²) in [6.45, 7) is 0. The maximum Gasteiger partial charge on any atom is 0.326 e. The number of methoxy groups -OCH3 is 1. The molecule has 3 aromatic carbocycles. The van der Waals surface area contributed by atoms with Gasteiger partial charge < -0.3 is 14.7 Å². The van der Waals surface area contributed by atoms with Crippen molar-refractivity contribution in [2.24, 2.45) is 0 Å². The van der Waals surface area contributed by atoms with Crippen molar-refractivity contribution in [3.8, 4) is 22.9 Å². The average Bonchev–Trinajstić information content (AvgIpc) is 3.29. The zero-order valence-electron chi connectivity index (χ0n) is 17.6. The Morgan fingerprint density at radius 3 is 2.34 bits per heavy atom. The molecule has 0 radical (unpaired) electrons. The van der Waals surface area contributed by atoms with Crippen LogP contribution in [0.25, 0.3) is 11.1 Å². The van der Waals surface area contributed by atoms with E-state index in [1.54, 1.807) is 30.3 Å². The van der Waals surface area contributed by atoms with Crippen molar-refractivity contribution in [3.63, 3.8) is 0 Å². The molecule has 160 valence electrons. The van der Waals surface area contributed by atoms with E-state index in [9.17, 15) is 14.7 Å². The summed E-state index contributed by atoms with van der Waals surface area (Å²) in [6.07, 6.45) is 0.867. The Bertz CT molecular complexity index is 1180. The summed E-state index contributed by atoms with van der Waals surface area (Å²) in [4.78, 5) is 27.5. The van der Waals surface area contributed by atoms with Crippen LogP contribution in [0.1, 0.15) is 40.4 Å². The number of hydrogen-bond donors (Lipinski definition) is 1. The van der Waals surface area contributed by atoms with E-state index in [0.717, 1.165) is 11.1 Å². The third-order valence-electron chi connectivity index (χ3n) is 5.87. The second-order valence-corrected chi connectivity index (χ2v) is 7.64. The highest BCUT2D eigenvalue weighted by Gasteiger charge is 2.43. The quantitative estimate of drug-likeness (QED) is 0.641. The second-order valence-electron chi connectivity index (χ2n) is 7.64. The number of nitriles is 1. The first-order valence-electron chi connectivity index (χ1n) is 10.3. The number of aliphatic carboxylic acids is 1. The molecule has 0 bridgehead atoms. The van der Waals surface area contributed by atoms with Gasteiger partial charge in [0.2, 0.25) is 0 Å². The Balaban J connectivity index is 1.83. The Morgan fingerprint density at radius 1 is 1.00 bits per heavy atom. The largest absolute Gasteiger partial charge is 0.496 e. The number of carbonyl (C=O) groups excluding carboxylic acids is 1. The van der Waals surface area contributed by atoms with E-state index in [0.29, 0.717) is 35.3 Å². The highest BCUT2D eigenvalue weighted by molar-refractivity contribution is 6.05. The van der Waals surface area contributed by atoms with Crippen LogP contribution in [0.5, 0.6) is 5.75 Å². The zero-order chi connectivity index (χ0) is 22.7. The fraction of sp³-hybridized carbons (Fsp3) is 0.192. The molecule has 1 fully saturated rings. The van der Waals surface area contributed by atoms with Crippen molar-refractivity contribution in [1.82, 2.24) is 4.90 Å². The molecular weight excluding hydrogens is 404 g/mol. The van der Waals surface area contributed by atoms with Gasteiger partial charge in [0.05, 0.1) is 30.3 Å². The number of rotatable bonds is 5. The fourth-order valence-corrected chi connectivity index (χ4v) is 4.35. The van der Waals surface area contributed by atoms with Gasteiger partial charge in [-0.25, -0.2) is 4.79 Å². The van der Waals surface area contributed by atoms with Gasteiger partial charge in [-0.3, -0.25) is 4.79 Å². The molecule has 1 heterocycles. The SMILES string of the molecule is COc1cccc(-c2ccccc2)c1C(=O)N1C(C(=O)O)CCC1c1ccc(C#N)cc1. The lowest BCUT2D eigenvalue weighted by Gasteiger charge is -2.30. The van der Waals surface area contributed by atoms with E-state index < -0.39 is 18.1 Å². The molecular formula is C26H22N2O4. The minimum atomic E-state index is -1.04. The normalized spacial score (nSPS) is 17.6. The Hall–Kier alpha value is -4.11. The van der Waals surface area contributed by atoms with Crippen LogP contribution in [0.2, 0.25) is 0 Å². The lowest BCUT2D eigenvalue weighted by molar-refractivity contribution is -0.141. The molecule has 32 heavy (non-hydrogen) atoms. The molecule has 1 aliphatic heterocycles. The molecule has 1 amide bonds. The van der Waals surface area contributed by atoms with Gasteiger partial charge in [0.25, 0.3) is 5.91 Å². The molecule has 1 aliphatic rings. The highest BCUT2D eigenvalue weighted by atomic mass is 16.5. The van der Waals surface area contributed by atoms with Crippen LogP contribution in [0, 0.1) is 11.3 Å². The summed E-state index contributed by atoms with van der Waals surface area (Å²) in [6, 6.07) is 22.5. The van der Waals surface area contributed by atoms with Gasteiger partial charge in [-0.1, -0.05) is 54.6 Å². The van der Waals surface area contributed by atoms with Crippen LogP contribution in [0.4, 0.5) is 0 Å². The standard InChI is InChI=1S/C26H22N2O4/c1-32-23-9-5-8-20(18-6-3-2-4-7-18)24(23)25(29)28-21(14-15-22(28)26(30)31)19-12-10-17(16-27)11-13-19/h2-13,21-22H,14-15H2,1H3,(H,30,31). The predicted molar refractivity (Wildman–Crippen MR) is 119 cm³/mol. The Kier molecular flexibility index (Phi) is 5.91. The second kappa shape index (κ2) is 8.94. The van der Waals surface area contributed by atoms with Gasteiger partial charge in [-0.2, -0.15) is 5.26 Å². The van der Waals surface area contributed by atoms with E-state index >= 15 is 0 Å². The summed E-state index contributed by atoms with van der Waals surface area (Å²) in [5.74, 6) is -1.03. The van der Waals surface area contributed by atoms with Crippen LogP contribution in [0.15, 0.2) is 72.8 Å². The van der Waals surface area contributed by atoms with Crippen molar-refractivity contribution in [2.75, 3.05) is 7.11 Å². The maximum atomic E-state index is 14.0. The number of amides is 1. The molecule has 2 unspecified atom stereocenters. The van der Waals surface area contributed by atoms with Gasteiger partial charge in [-0.15, -0.1) is 0 Å². The number of carboxylic acid groups (broad SMARTS) is 1. The fourth-order valence-electron chi connectivity index (χ4n) is 4.35. The van der Waals surface area contributed by atoms with Gasteiger partial charge in [0.15, 0.2) is 0 Å². The first-order chi connectivity index (χ1) is 15.5. The van der Waals surface area contributed by atoms with Gasteiger partial charge in [0.1, 0.15) is 11.8 Å². The minimum Gasteiger partial charge on any atom is -0.496 e. The number of benzene rings is 3. The van der Waals surface area contributed by atoms with Crippen molar-refractivity contribution < 1.29 is 19.4 Å². The van der Waals surface area contributed by atoms with Crippen molar-refractivity contribution in [3.05, 3.63) is 89.5 Å². The topological polar surface area (TPSA) is 90.6 Å². The number of ether oxygens (including phenoxy) is 1. The number of carbonyl (C=O) groups is 2. The summed E-state index contributed by atoms with van der Waals surface area (Å²) >= 11 is 0. The molecule has 0 aromatic heterocycles. The van der Waals surface area contributed by atoms with E-state index in [1.807, 2.05) is 42.5 Å². The lowest BCUT2D eigenvalue weighted by Crippen LogP contribution is -2.42. The Morgan fingerprint density at radius 2 is 1.72 bits per heavy atom. The molecule has 6 heteroatoms. The van der Waals surface area contributed by atoms with Crippen molar-refractivity contribution in [1.29, 1.82) is 5.26 Å². The Labute approximate surface area is 186 Å². The van der Waals surface area contributed by atoms with E-state index in [2.05, 4.69) is 6.07 Å². The highest BCUT2D eigenvalue weighted by Crippen LogP contribution is 2.40. The van der Waals surface area contributed by atoms with Gasteiger partial charge in [-0.05, 0) is 47.7 Å². The molecule has 0 spiro atoms. The summed E-state index contributed by atoms with van der Waals surface area (Å²) in [5.41, 5.74) is 3.18. The molecule has 2 atom stereocenters. The van der Waals surface area contributed by atoms with Crippen molar-refractivity contribution in [2.45, 2.75) is 24.9 Å². The van der Waals surface area contributed by atoms with Crippen LogP contribution in [-0.4, -0.2) is 35.0 Å². The number of hydrogen-bond acceptors (Lipinski definition) is 4. The van der Waals surface area contributed by atoms with Gasteiger partial charge in [0, 0.05) is 0 Å². The monoisotopic (exact) mass is 426 g/mol. The van der Waals surface area contributed by atoms with E-state index in [-0.39, 0.29) is 5.91 Å². The molecule has 1 N–H and O–H groups in total. The van der Waals surface area contributed by atoms with Gasteiger partial charge >= 0.3 is 5.97 Å². The summed E-state index contributed by atoms with van der Waals surface area (Å²) < 4.78 is 5.52. The maximum absolute atomic E-state index is 14.0. The zero-order valence-corrected chi connectivity index (χ0v) is 17.6. The predicted octanol–water partition coefficient (Wildman–Crippen LogP) is 4.66. The number of nitrogens with zero attached hydrogens (tertiary/aromatic N) is 2. The van der Waals surface area contributed by atoms with Crippen molar-refractivity contribution >= 4 is 11.9 Å². The molecule has 1 saturated heterocycles. The molecule has 6 nitrogen and oxygen atoms in total. The van der Waals surface area contributed by atoms with Crippen LogP contribution < -0.4 is 4.74 Å². The lowest BCUT2D eigenvalue weighted by atomic mass is 9.96. The van der Waals surface area contributed by atoms with Crippen LogP contribution in [-0.2, 0) is 4.79 Å². The first kappa shape index (κ1) is 21.1. The number of likely N-dealkylation sites (tertiary alicyclic amines) is 1. The van der Waals surface area contributed by atoms with Crippen LogP contribution in [0.3, 0.4) is 0 Å². The minimum absolute atomic E-state index is 0.341. The smallest absolute Gasteiger partial charge is 0.326 e. The molecule has 0 aliphatic carbocycles. The molecule has 3 aromatic rings. The molecule has 0 saturated carbocycles. The molecule has 4 rings (SSSR count). The number of carboxylic acids is 1. The summed E-state index contributed by atoms with van der Waals surface area (Å²) in [7, 11) is 1.50. The average molecular weight is 426 g/mol. The summed E-state index contributed by atoms with van der Waals surface area (Å²) in [5, 5.41) is 19.0. The van der Waals surface area contributed by atoms with E-state index in [4.69, 9.17) is 10.00 Å². The third kappa shape index (κ3) is 3.81. The first-order valence-corrected chi connectivity index (χ1v) is 10.3.